The van der Waals surface area contributed by atoms with Gasteiger partial charge in [-0.1, -0.05) is 20.8 Å². The molecule has 3 fully saturated rings. The van der Waals surface area contributed by atoms with E-state index in [0.29, 0.717) is 37.6 Å². The smallest absolute Gasteiger partial charge is 0.226 e. The van der Waals surface area contributed by atoms with E-state index in [1.54, 1.807) is 7.11 Å². The summed E-state index contributed by atoms with van der Waals surface area (Å²) in [5, 5.41) is 1.10. The average Bonchev–Trinajstić information content (AvgIpc) is 3.61. The number of pyridine rings is 1. The van der Waals surface area contributed by atoms with E-state index in [9.17, 15) is 0 Å². The van der Waals surface area contributed by atoms with Crippen molar-refractivity contribution in [3.8, 4) is 17.0 Å². The van der Waals surface area contributed by atoms with Gasteiger partial charge in [0, 0.05) is 11.1 Å². The fourth-order valence-corrected chi connectivity index (χ4v) is 5.52. The summed E-state index contributed by atoms with van der Waals surface area (Å²) in [7, 11) is 1.66. The molecule has 2 bridgehead atoms. The van der Waals surface area contributed by atoms with Gasteiger partial charge in [-0.3, -0.25) is 0 Å². The van der Waals surface area contributed by atoms with Crippen molar-refractivity contribution in [1.29, 1.82) is 0 Å². The van der Waals surface area contributed by atoms with Crippen LogP contribution in [0.25, 0.3) is 22.3 Å². The Balaban J connectivity index is 1.30. The van der Waals surface area contributed by atoms with Gasteiger partial charge in [0.05, 0.1) is 50.1 Å². The molecule has 5 heterocycles. The summed E-state index contributed by atoms with van der Waals surface area (Å²) < 4.78 is 23.1. The van der Waals surface area contributed by atoms with Crippen LogP contribution >= 0.6 is 11.6 Å². The molecule has 3 aliphatic heterocycles. The number of epoxide rings is 1. The van der Waals surface area contributed by atoms with E-state index in [1.807, 2.05) is 30.3 Å². The molecule has 9 heteroatoms. The molecule has 1 aromatic carbocycles. The number of hydrogen-bond acceptors (Lipinski definition) is 8. The summed E-state index contributed by atoms with van der Waals surface area (Å²) in [6.45, 7) is 8.27. The molecule has 190 valence electrons. The monoisotopic (exact) mass is 510 g/mol. The van der Waals surface area contributed by atoms with Crippen molar-refractivity contribution in [2.45, 2.75) is 64.7 Å². The predicted molar refractivity (Wildman–Crippen MR) is 137 cm³/mol. The van der Waals surface area contributed by atoms with Crippen molar-refractivity contribution < 1.29 is 18.9 Å². The summed E-state index contributed by atoms with van der Waals surface area (Å²) in [4.78, 5) is 16.3. The fourth-order valence-electron chi connectivity index (χ4n) is 5.36. The van der Waals surface area contributed by atoms with E-state index < -0.39 is 0 Å². The van der Waals surface area contributed by atoms with Crippen LogP contribution in [0, 0.1) is 5.41 Å². The highest BCUT2D eigenvalue weighted by molar-refractivity contribution is 6.28. The zero-order chi connectivity index (χ0) is 25.0. The molecule has 4 unspecified atom stereocenters. The quantitative estimate of drug-likeness (QED) is 0.338. The zero-order valence-corrected chi connectivity index (χ0v) is 21.8. The second-order valence-electron chi connectivity index (χ2n) is 10.8. The summed E-state index contributed by atoms with van der Waals surface area (Å²) >= 11 is 6.38. The number of anilines is 1. The number of halogens is 1. The number of hydrogen-bond donors (Lipinski definition) is 0. The molecule has 0 N–H and O–H groups in total. The Kier molecular flexibility index (Phi) is 6.03. The second-order valence-corrected chi connectivity index (χ2v) is 11.2. The maximum Gasteiger partial charge on any atom is 0.226 e. The lowest BCUT2D eigenvalue weighted by Gasteiger charge is -2.36. The topological polar surface area (TPSA) is 82.1 Å². The Labute approximate surface area is 215 Å². The van der Waals surface area contributed by atoms with Gasteiger partial charge in [-0.25, -0.2) is 4.98 Å². The summed E-state index contributed by atoms with van der Waals surface area (Å²) in [6.07, 6.45) is 2.11. The zero-order valence-electron chi connectivity index (χ0n) is 21.0. The first kappa shape index (κ1) is 23.9. The molecule has 4 atom stereocenters. The molecule has 6 rings (SSSR count). The highest BCUT2D eigenvalue weighted by Crippen LogP contribution is 2.40. The first-order valence-corrected chi connectivity index (χ1v) is 12.8. The van der Waals surface area contributed by atoms with Crippen LogP contribution in [-0.4, -0.2) is 59.8 Å². The van der Waals surface area contributed by atoms with Crippen LogP contribution in [0.15, 0.2) is 30.3 Å². The molecule has 3 saturated heterocycles. The lowest BCUT2D eigenvalue weighted by Crippen LogP contribution is -2.46. The minimum atomic E-state index is -0.190. The summed E-state index contributed by atoms with van der Waals surface area (Å²) in [5.41, 5.74) is 3.32. The van der Waals surface area contributed by atoms with E-state index >= 15 is 0 Å². The normalized spacial score (nSPS) is 25.4. The molecule has 0 saturated carbocycles. The Hall–Kier alpha value is -2.52. The van der Waals surface area contributed by atoms with E-state index in [0.717, 1.165) is 46.6 Å². The molecule has 0 amide bonds. The number of methoxy groups -OCH3 is 1. The van der Waals surface area contributed by atoms with Crippen LogP contribution in [0.4, 0.5) is 5.82 Å². The molecule has 0 aliphatic carbocycles. The van der Waals surface area contributed by atoms with Crippen LogP contribution in [0.5, 0.6) is 5.75 Å². The Morgan fingerprint density at radius 2 is 1.83 bits per heavy atom. The third-order valence-corrected chi connectivity index (χ3v) is 7.45. The number of morpholine rings is 1. The predicted octanol–water partition coefficient (Wildman–Crippen LogP) is 5.01. The summed E-state index contributed by atoms with van der Waals surface area (Å²) in [6, 6.07) is 10.7. The lowest BCUT2D eigenvalue weighted by atomic mass is 9.92. The Morgan fingerprint density at radius 3 is 2.53 bits per heavy atom. The number of benzene rings is 1. The van der Waals surface area contributed by atoms with Crippen LogP contribution in [0.2, 0.25) is 5.28 Å². The molecular formula is C27H31ClN4O4. The molecule has 0 spiro atoms. The molecule has 8 nitrogen and oxygen atoms in total. The van der Waals surface area contributed by atoms with Crippen molar-refractivity contribution in [2.24, 2.45) is 5.41 Å². The van der Waals surface area contributed by atoms with E-state index in [1.165, 1.54) is 0 Å². The van der Waals surface area contributed by atoms with Gasteiger partial charge >= 0.3 is 0 Å². The third kappa shape index (κ3) is 4.41. The minimum Gasteiger partial charge on any atom is -0.496 e. The highest BCUT2D eigenvalue weighted by atomic mass is 35.5. The van der Waals surface area contributed by atoms with Gasteiger partial charge in [-0.05, 0) is 60.2 Å². The second kappa shape index (κ2) is 9.10. The van der Waals surface area contributed by atoms with E-state index in [-0.39, 0.29) is 23.1 Å². The van der Waals surface area contributed by atoms with Gasteiger partial charge < -0.3 is 23.8 Å². The number of ether oxygens (including phenoxy) is 4. The first-order chi connectivity index (χ1) is 17.3. The van der Waals surface area contributed by atoms with Gasteiger partial charge in [0.1, 0.15) is 17.7 Å². The van der Waals surface area contributed by atoms with Gasteiger partial charge in [-0.2, -0.15) is 9.97 Å². The number of aromatic nitrogens is 3. The molecule has 2 aromatic heterocycles. The standard InChI is InChI=1S/C27H31ClN4O4/c1-27(2,3)22-25(36-22)35-12-16-11-15(5-10-21(16)33-4)20-9-8-19-23(29-20)30-26(28)31-24(19)32-17-6-7-18(32)14-34-13-17/h5,8-11,17-18,22,25H,6-7,12-14H2,1-4H3. The lowest BCUT2D eigenvalue weighted by molar-refractivity contribution is 0.0375. The molecule has 0 radical (unpaired) electrons. The minimum absolute atomic E-state index is 0.0499. The molecule has 36 heavy (non-hydrogen) atoms. The molecule has 3 aliphatic rings. The van der Waals surface area contributed by atoms with Crippen molar-refractivity contribution in [1.82, 2.24) is 15.0 Å². The van der Waals surface area contributed by atoms with E-state index in [4.69, 9.17) is 35.5 Å². The van der Waals surface area contributed by atoms with Crippen LogP contribution in [0.3, 0.4) is 0 Å². The van der Waals surface area contributed by atoms with E-state index in [2.05, 4.69) is 35.6 Å². The largest absolute Gasteiger partial charge is 0.496 e. The van der Waals surface area contributed by atoms with Crippen molar-refractivity contribution in [2.75, 3.05) is 25.2 Å². The van der Waals surface area contributed by atoms with Crippen molar-refractivity contribution >= 4 is 28.5 Å². The first-order valence-electron chi connectivity index (χ1n) is 12.5. The molecule has 3 aromatic rings. The molecular weight excluding hydrogens is 480 g/mol. The van der Waals surface area contributed by atoms with Crippen LogP contribution < -0.4 is 9.64 Å². The average molecular weight is 511 g/mol. The number of nitrogens with zero attached hydrogens (tertiary/aromatic N) is 4. The van der Waals surface area contributed by atoms with Crippen LogP contribution in [-0.2, 0) is 20.8 Å². The maximum atomic E-state index is 6.38. The van der Waals surface area contributed by atoms with Crippen molar-refractivity contribution in [3.63, 3.8) is 0 Å². The van der Waals surface area contributed by atoms with Gasteiger partial charge in [0.25, 0.3) is 0 Å². The Bertz CT molecular complexity index is 1280. The fraction of sp³-hybridized carbons (Fsp3) is 0.519. The SMILES string of the molecule is COc1ccc(-c2ccc3c(N4C5CCC4COC5)nc(Cl)nc3n2)cc1COC1OC1C(C)(C)C. The Morgan fingerprint density at radius 1 is 1.06 bits per heavy atom. The van der Waals surface area contributed by atoms with Gasteiger partial charge in [0.2, 0.25) is 5.28 Å². The van der Waals surface area contributed by atoms with Gasteiger partial charge in [-0.15, -0.1) is 0 Å². The van der Waals surface area contributed by atoms with Crippen molar-refractivity contribution in [3.05, 3.63) is 41.2 Å². The van der Waals surface area contributed by atoms with Gasteiger partial charge in [0.15, 0.2) is 11.9 Å². The third-order valence-electron chi connectivity index (χ3n) is 7.28. The number of rotatable bonds is 6. The highest BCUT2D eigenvalue weighted by Gasteiger charge is 2.48. The number of fused-ring (bicyclic) bond motifs is 3. The summed E-state index contributed by atoms with van der Waals surface area (Å²) in [5.74, 6) is 1.62. The maximum absolute atomic E-state index is 6.38. The van der Waals surface area contributed by atoms with Crippen LogP contribution in [0.1, 0.15) is 39.2 Å².